The highest BCUT2D eigenvalue weighted by Crippen LogP contribution is 2.52. The predicted molar refractivity (Wildman–Crippen MR) is 107 cm³/mol. The second kappa shape index (κ2) is 7.38. The first-order valence-corrected chi connectivity index (χ1v) is 8.65. The van der Waals surface area contributed by atoms with Crippen molar-refractivity contribution in [1.29, 1.82) is 0 Å². The van der Waals surface area contributed by atoms with Gasteiger partial charge in [0.25, 0.3) is 0 Å². The van der Waals surface area contributed by atoms with Gasteiger partial charge in [0.1, 0.15) is 0 Å². The van der Waals surface area contributed by atoms with Crippen LogP contribution in [0.1, 0.15) is 52.8 Å². The van der Waals surface area contributed by atoms with E-state index in [1.165, 1.54) is 0 Å². The summed E-state index contributed by atoms with van der Waals surface area (Å²) >= 11 is 0. The standard InChI is InChI=1S/C17H29N5O2.HI/c1-16(2,3)14-20-11(22-24-14)9-19-15(18-6)21-12-10-7-8-23-13(10)17(12,4)5;/h10,12-13H,7-9H2,1-6H3,(H2,18,19,21);1H. The normalized spacial score (nSPS) is 27.9. The van der Waals surface area contributed by atoms with Gasteiger partial charge in [0.15, 0.2) is 11.8 Å². The fourth-order valence-electron chi connectivity index (χ4n) is 3.75. The molecule has 1 aliphatic carbocycles. The molecule has 2 aliphatic rings. The number of fused-ring (bicyclic) bond motifs is 1. The number of hydrogen-bond acceptors (Lipinski definition) is 5. The molecule has 25 heavy (non-hydrogen) atoms. The van der Waals surface area contributed by atoms with Crippen molar-refractivity contribution in [2.75, 3.05) is 13.7 Å². The van der Waals surface area contributed by atoms with Gasteiger partial charge in [-0.05, 0) is 6.42 Å². The molecule has 0 amide bonds. The molecule has 8 heteroatoms. The maximum atomic E-state index is 5.84. The summed E-state index contributed by atoms with van der Waals surface area (Å²) in [6.45, 7) is 12.0. The van der Waals surface area contributed by atoms with Gasteiger partial charge in [-0.1, -0.05) is 39.8 Å². The number of nitrogens with zero attached hydrogens (tertiary/aromatic N) is 3. The molecule has 3 rings (SSSR count). The van der Waals surface area contributed by atoms with Crippen LogP contribution in [0, 0.1) is 11.3 Å². The third-order valence-electron chi connectivity index (χ3n) is 5.14. The third kappa shape index (κ3) is 3.94. The molecule has 3 unspecified atom stereocenters. The van der Waals surface area contributed by atoms with Crippen LogP contribution in [0.5, 0.6) is 0 Å². The second-order valence-corrected chi connectivity index (χ2v) is 8.38. The van der Waals surface area contributed by atoms with Crippen LogP contribution in [0.25, 0.3) is 0 Å². The number of aromatic nitrogens is 2. The van der Waals surface area contributed by atoms with E-state index in [4.69, 9.17) is 9.26 Å². The van der Waals surface area contributed by atoms with Gasteiger partial charge in [-0.3, -0.25) is 4.99 Å². The van der Waals surface area contributed by atoms with E-state index in [1.54, 1.807) is 7.05 Å². The minimum atomic E-state index is -0.140. The SMILES string of the molecule is CN=C(NCc1noc(C(C)(C)C)n1)NC1C2CCOC2C1(C)C.I. The quantitative estimate of drug-likeness (QED) is 0.407. The summed E-state index contributed by atoms with van der Waals surface area (Å²) in [4.78, 5) is 8.77. The van der Waals surface area contributed by atoms with Crippen molar-refractivity contribution in [3.63, 3.8) is 0 Å². The van der Waals surface area contributed by atoms with E-state index < -0.39 is 0 Å². The van der Waals surface area contributed by atoms with Gasteiger partial charge < -0.3 is 19.9 Å². The first kappa shape index (κ1) is 20.4. The summed E-state index contributed by atoms with van der Waals surface area (Å²) in [6, 6.07) is 0.367. The van der Waals surface area contributed by atoms with Crippen molar-refractivity contribution >= 4 is 29.9 Å². The van der Waals surface area contributed by atoms with E-state index in [0.29, 0.717) is 36.3 Å². The third-order valence-corrected chi connectivity index (χ3v) is 5.14. The monoisotopic (exact) mass is 463 g/mol. The van der Waals surface area contributed by atoms with Gasteiger partial charge in [-0.25, -0.2) is 0 Å². The van der Waals surface area contributed by atoms with Gasteiger partial charge in [0.2, 0.25) is 5.89 Å². The van der Waals surface area contributed by atoms with Gasteiger partial charge in [-0.2, -0.15) is 4.98 Å². The van der Waals surface area contributed by atoms with Crippen molar-refractivity contribution in [2.24, 2.45) is 16.3 Å². The van der Waals surface area contributed by atoms with E-state index in [1.807, 2.05) is 0 Å². The lowest BCUT2D eigenvalue weighted by Crippen LogP contribution is -2.67. The van der Waals surface area contributed by atoms with Crippen molar-refractivity contribution < 1.29 is 9.26 Å². The Labute approximate surface area is 166 Å². The number of rotatable bonds is 3. The zero-order valence-corrected chi connectivity index (χ0v) is 18.3. The molecule has 2 heterocycles. The van der Waals surface area contributed by atoms with Crippen LogP contribution in [0.3, 0.4) is 0 Å². The van der Waals surface area contributed by atoms with E-state index >= 15 is 0 Å². The molecular formula is C17H30IN5O2. The van der Waals surface area contributed by atoms with Gasteiger partial charge in [-0.15, -0.1) is 24.0 Å². The Hall–Kier alpha value is -0.900. The molecule has 0 spiro atoms. The number of ether oxygens (including phenoxy) is 1. The first-order valence-electron chi connectivity index (χ1n) is 8.65. The van der Waals surface area contributed by atoms with Crippen LogP contribution in [0.2, 0.25) is 0 Å². The predicted octanol–water partition coefficient (Wildman–Crippen LogP) is 2.46. The molecule has 2 fully saturated rings. The molecule has 0 aromatic carbocycles. The lowest BCUT2D eigenvalue weighted by atomic mass is 9.57. The largest absolute Gasteiger partial charge is 0.377 e. The van der Waals surface area contributed by atoms with Crippen molar-refractivity contribution in [1.82, 2.24) is 20.8 Å². The van der Waals surface area contributed by atoms with Crippen molar-refractivity contribution in [3.8, 4) is 0 Å². The topological polar surface area (TPSA) is 84.6 Å². The highest BCUT2D eigenvalue weighted by molar-refractivity contribution is 14.0. The first-order chi connectivity index (χ1) is 11.2. The number of nitrogens with one attached hydrogen (secondary N) is 2. The van der Waals surface area contributed by atoms with E-state index in [2.05, 4.69) is 60.4 Å². The average Bonchev–Trinajstić information content (AvgIpc) is 3.14. The molecule has 7 nitrogen and oxygen atoms in total. The van der Waals surface area contributed by atoms with Gasteiger partial charge in [0, 0.05) is 36.4 Å². The Kier molecular flexibility index (Phi) is 6.03. The molecule has 1 saturated heterocycles. The van der Waals surface area contributed by atoms with Crippen LogP contribution in [-0.2, 0) is 16.7 Å². The number of halogens is 1. The molecule has 142 valence electrons. The van der Waals surface area contributed by atoms with Crippen LogP contribution < -0.4 is 10.6 Å². The summed E-state index contributed by atoms with van der Waals surface area (Å²) in [6.07, 6.45) is 1.47. The summed E-state index contributed by atoms with van der Waals surface area (Å²) < 4.78 is 11.2. The minimum Gasteiger partial charge on any atom is -0.377 e. The zero-order chi connectivity index (χ0) is 17.5. The van der Waals surface area contributed by atoms with E-state index in [-0.39, 0.29) is 34.8 Å². The van der Waals surface area contributed by atoms with Crippen LogP contribution in [0.15, 0.2) is 9.52 Å². The second-order valence-electron chi connectivity index (χ2n) is 8.38. The summed E-state index contributed by atoms with van der Waals surface area (Å²) in [5.74, 6) is 2.61. The Morgan fingerprint density at radius 2 is 2.08 bits per heavy atom. The maximum absolute atomic E-state index is 5.84. The maximum Gasteiger partial charge on any atom is 0.232 e. The summed E-state index contributed by atoms with van der Waals surface area (Å²) in [7, 11) is 1.78. The summed E-state index contributed by atoms with van der Waals surface area (Å²) in [5, 5.41) is 10.9. The Morgan fingerprint density at radius 3 is 2.68 bits per heavy atom. The van der Waals surface area contributed by atoms with Crippen molar-refractivity contribution in [2.45, 2.75) is 65.1 Å². The fourth-order valence-corrected chi connectivity index (χ4v) is 3.75. The molecule has 1 aromatic rings. The number of hydrogen-bond donors (Lipinski definition) is 2. The molecule has 1 saturated carbocycles. The lowest BCUT2D eigenvalue weighted by molar-refractivity contribution is -0.106. The summed E-state index contributed by atoms with van der Waals surface area (Å²) in [5.41, 5.74) is -0.0249. The lowest BCUT2D eigenvalue weighted by Gasteiger charge is -2.54. The van der Waals surface area contributed by atoms with E-state index in [0.717, 1.165) is 19.0 Å². The Balaban J connectivity index is 0.00000225. The minimum absolute atomic E-state index is 0. The Morgan fingerprint density at radius 1 is 1.36 bits per heavy atom. The molecule has 1 aromatic heterocycles. The molecule has 0 bridgehead atoms. The van der Waals surface area contributed by atoms with Crippen LogP contribution >= 0.6 is 24.0 Å². The zero-order valence-electron chi connectivity index (χ0n) is 15.9. The number of guanidine groups is 1. The highest BCUT2D eigenvalue weighted by atomic mass is 127. The molecule has 0 radical (unpaired) electrons. The molecule has 1 aliphatic heterocycles. The van der Waals surface area contributed by atoms with Crippen LogP contribution in [-0.4, -0.2) is 41.9 Å². The van der Waals surface area contributed by atoms with Crippen LogP contribution in [0.4, 0.5) is 0 Å². The van der Waals surface area contributed by atoms with Gasteiger partial charge >= 0.3 is 0 Å². The average molecular weight is 463 g/mol. The van der Waals surface area contributed by atoms with Crippen molar-refractivity contribution in [3.05, 3.63) is 11.7 Å². The fraction of sp³-hybridized carbons (Fsp3) is 0.824. The van der Waals surface area contributed by atoms with E-state index in [9.17, 15) is 0 Å². The number of aliphatic imine (C=N–C) groups is 1. The van der Waals surface area contributed by atoms with Gasteiger partial charge in [0.05, 0.1) is 12.6 Å². The molecular weight excluding hydrogens is 433 g/mol. The Bertz CT molecular complexity index is 623. The molecule has 3 atom stereocenters. The smallest absolute Gasteiger partial charge is 0.232 e. The highest BCUT2D eigenvalue weighted by Gasteiger charge is 2.59. The molecule has 2 N–H and O–H groups in total.